The minimum Gasteiger partial charge on any atom is -0.491 e. The standard InChI is InChI=1S/C17H21NO2/c1-14-8-9-16(18)17(12-14)20-11-5-10-19-13-15-6-3-2-4-7-15/h2-4,6-9,12H,5,10-11,13,18H2,1H3. The second-order valence-corrected chi connectivity index (χ2v) is 4.78. The molecule has 2 rings (SSSR count). The Morgan fingerprint density at radius 1 is 1.00 bits per heavy atom. The quantitative estimate of drug-likeness (QED) is 0.618. The lowest BCUT2D eigenvalue weighted by Crippen LogP contribution is -2.04. The van der Waals surface area contributed by atoms with Gasteiger partial charge in [-0.15, -0.1) is 0 Å². The third-order valence-electron chi connectivity index (χ3n) is 2.97. The van der Waals surface area contributed by atoms with Gasteiger partial charge in [-0.2, -0.15) is 0 Å². The van der Waals surface area contributed by atoms with Crippen molar-refractivity contribution in [3.8, 4) is 5.75 Å². The molecule has 2 aromatic carbocycles. The summed E-state index contributed by atoms with van der Waals surface area (Å²) in [6, 6.07) is 16.0. The first-order chi connectivity index (χ1) is 9.75. The maximum Gasteiger partial charge on any atom is 0.142 e. The molecule has 0 aromatic heterocycles. The summed E-state index contributed by atoms with van der Waals surface area (Å²) in [5.74, 6) is 0.757. The number of nitrogen functional groups attached to an aromatic ring is 1. The summed E-state index contributed by atoms with van der Waals surface area (Å²) < 4.78 is 11.3. The fraction of sp³-hybridized carbons (Fsp3) is 0.294. The summed E-state index contributed by atoms with van der Waals surface area (Å²) in [6.45, 7) is 3.96. The maximum absolute atomic E-state index is 5.85. The molecule has 3 nitrogen and oxygen atoms in total. The molecule has 0 saturated heterocycles. The molecule has 2 N–H and O–H groups in total. The predicted octanol–water partition coefficient (Wildman–Crippen LogP) is 3.56. The van der Waals surface area contributed by atoms with Gasteiger partial charge >= 0.3 is 0 Å². The van der Waals surface area contributed by atoms with E-state index in [9.17, 15) is 0 Å². The molecule has 3 heteroatoms. The van der Waals surface area contributed by atoms with Crippen molar-refractivity contribution < 1.29 is 9.47 Å². The Kier molecular flexibility index (Phi) is 5.44. The van der Waals surface area contributed by atoms with Gasteiger partial charge in [0.25, 0.3) is 0 Å². The predicted molar refractivity (Wildman–Crippen MR) is 81.8 cm³/mol. The van der Waals surface area contributed by atoms with Crippen LogP contribution in [0.25, 0.3) is 0 Å². The Balaban J connectivity index is 1.63. The van der Waals surface area contributed by atoms with Gasteiger partial charge in [-0.1, -0.05) is 36.4 Å². The topological polar surface area (TPSA) is 44.5 Å². The van der Waals surface area contributed by atoms with Crippen LogP contribution in [0, 0.1) is 6.92 Å². The van der Waals surface area contributed by atoms with Crippen LogP contribution in [0.3, 0.4) is 0 Å². The number of ether oxygens (including phenoxy) is 2. The molecule has 2 aromatic rings. The van der Waals surface area contributed by atoms with Gasteiger partial charge in [0.2, 0.25) is 0 Å². The molecule has 0 aliphatic rings. The monoisotopic (exact) mass is 271 g/mol. The minimum absolute atomic E-state index is 0.614. The summed E-state index contributed by atoms with van der Waals surface area (Å²) >= 11 is 0. The largest absolute Gasteiger partial charge is 0.491 e. The average Bonchev–Trinajstić information content (AvgIpc) is 2.47. The van der Waals surface area contributed by atoms with Crippen molar-refractivity contribution >= 4 is 5.69 Å². The number of aryl methyl sites for hydroxylation is 1. The summed E-state index contributed by atoms with van der Waals surface area (Å²) in [5, 5.41) is 0. The molecule has 0 fully saturated rings. The highest BCUT2D eigenvalue weighted by molar-refractivity contribution is 5.53. The molecule has 0 spiro atoms. The van der Waals surface area contributed by atoms with Gasteiger partial charge in [0.1, 0.15) is 5.75 Å². The molecular weight excluding hydrogens is 250 g/mol. The van der Waals surface area contributed by atoms with Crippen molar-refractivity contribution in [3.63, 3.8) is 0 Å². The maximum atomic E-state index is 5.85. The molecule has 0 bridgehead atoms. The zero-order chi connectivity index (χ0) is 14.2. The number of hydrogen-bond donors (Lipinski definition) is 1. The van der Waals surface area contributed by atoms with Gasteiger partial charge in [0.05, 0.1) is 25.5 Å². The van der Waals surface area contributed by atoms with E-state index in [1.807, 2.05) is 43.3 Å². The third kappa shape index (κ3) is 4.59. The number of rotatable bonds is 7. The summed E-state index contributed by atoms with van der Waals surface area (Å²) in [7, 11) is 0. The normalized spacial score (nSPS) is 10.4. The lowest BCUT2D eigenvalue weighted by atomic mass is 10.2. The average molecular weight is 271 g/mol. The zero-order valence-electron chi connectivity index (χ0n) is 11.8. The smallest absolute Gasteiger partial charge is 0.142 e. The first-order valence-corrected chi connectivity index (χ1v) is 6.86. The van der Waals surface area contributed by atoms with Crippen LogP contribution in [0.5, 0.6) is 5.75 Å². The molecule has 0 saturated carbocycles. The fourth-order valence-electron chi connectivity index (χ4n) is 1.87. The second-order valence-electron chi connectivity index (χ2n) is 4.78. The van der Waals surface area contributed by atoms with E-state index in [0.717, 1.165) is 17.7 Å². The van der Waals surface area contributed by atoms with Crippen LogP contribution in [0.15, 0.2) is 48.5 Å². The first kappa shape index (κ1) is 14.4. The zero-order valence-corrected chi connectivity index (χ0v) is 11.8. The van der Waals surface area contributed by atoms with Gasteiger partial charge in [-0.25, -0.2) is 0 Å². The Morgan fingerprint density at radius 3 is 2.60 bits per heavy atom. The van der Waals surface area contributed by atoms with Crippen molar-refractivity contribution in [1.29, 1.82) is 0 Å². The molecule has 0 heterocycles. The highest BCUT2D eigenvalue weighted by atomic mass is 16.5. The number of hydrogen-bond acceptors (Lipinski definition) is 3. The minimum atomic E-state index is 0.614. The van der Waals surface area contributed by atoms with Crippen molar-refractivity contribution in [2.24, 2.45) is 0 Å². The summed E-state index contributed by atoms with van der Waals surface area (Å²) in [5.41, 5.74) is 8.87. The van der Waals surface area contributed by atoms with Crippen LogP contribution in [-0.4, -0.2) is 13.2 Å². The van der Waals surface area contributed by atoms with Crippen LogP contribution in [-0.2, 0) is 11.3 Å². The van der Waals surface area contributed by atoms with E-state index in [2.05, 4.69) is 12.1 Å². The van der Waals surface area contributed by atoms with E-state index < -0.39 is 0 Å². The Morgan fingerprint density at radius 2 is 1.80 bits per heavy atom. The number of nitrogens with two attached hydrogens (primary N) is 1. The molecule has 0 aliphatic heterocycles. The van der Waals surface area contributed by atoms with Crippen LogP contribution >= 0.6 is 0 Å². The highest BCUT2D eigenvalue weighted by Gasteiger charge is 2.00. The number of benzene rings is 2. The van der Waals surface area contributed by atoms with E-state index in [1.165, 1.54) is 5.56 Å². The van der Waals surface area contributed by atoms with Crippen molar-refractivity contribution in [2.75, 3.05) is 18.9 Å². The molecular formula is C17H21NO2. The van der Waals surface area contributed by atoms with E-state index in [0.29, 0.717) is 25.5 Å². The Bertz CT molecular complexity index is 526. The van der Waals surface area contributed by atoms with Gasteiger partial charge in [0, 0.05) is 6.42 Å². The molecule has 0 radical (unpaired) electrons. The molecule has 0 amide bonds. The Labute approximate surface area is 120 Å². The van der Waals surface area contributed by atoms with E-state index >= 15 is 0 Å². The SMILES string of the molecule is Cc1ccc(N)c(OCCCOCc2ccccc2)c1. The lowest BCUT2D eigenvalue weighted by molar-refractivity contribution is 0.107. The molecule has 0 atom stereocenters. The van der Waals surface area contributed by atoms with Crippen molar-refractivity contribution in [3.05, 3.63) is 59.7 Å². The lowest BCUT2D eigenvalue weighted by Gasteiger charge is -2.10. The van der Waals surface area contributed by atoms with E-state index in [-0.39, 0.29) is 0 Å². The van der Waals surface area contributed by atoms with Gasteiger partial charge in [-0.3, -0.25) is 0 Å². The highest BCUT2D eigenvalue weighted by Crippen LogP contribution is 2.22. The van der Waals surface area contributed by atoms with Crippen LogP contribution in [0.4, 0.5) is 5.69 Å². The van der Waals surface area contributed by atoms with E-state index in [4.69, 9.17) is 15.2 Å². The molecule has 0 aliphatic carbocycles. The molecule has 0 unspecified atom stereocenters. The van der Waals surface area contributed by atoms with Gasteiger partial charge in [0.15, 0.2) is 0 Å². The summed E-state index contributed by atoms with van der Waals surface area (Å²) in [4.78, 5) is 0. The van der Waals surface area contributed by atoms with Gasteiger partial charge < -0.3 is 15.2 Å². The number of anilines is 1. The Hall–Kier alpha value is -2.00. The van der Waals surface area contributed by atoms with Crippen LogP contribution in [0.2, 0.25) is 0 Å². The fourth-order valence-corrected chi connectivity index (χ4v) is 1.87. The first-order valence-electron chi connectivity index (χ1n) is 6.86. The van der Waals surface area contributed by atoms with Gasteiger partial charge in [-0.05, 0) is 30.2 Å². The molecule has 20 heavy (non-hydrogen) atoms. The second kappa shape index (κ2) is 7.56. The van der Waals surface area contributed by atoms with Crippen molar-refractivity contribution in [1.82, 2.24) is 0 Å². The molecule has 106 valence electrons. The third-order valence-corrected chi connectivity index (χ3v) is 2.97. The van der Waals surface area contributed by atoms with E-state index in [1.54, 1.807) is 0 Å². The van der Waals surface area contributed by atoms with Crippen LogP contribution < -0.4 is 10.5 Å². The summed E-state index contributed by atoms with van der Waals surface area (Å²) in [6.07, 6.45) is 0.847. The van der Waals surface area contributed by atoms with Crippen LogP contribution in [0.1, 0.15) is 17.5 Å². The van der Waals surface area contributed by atoms with Crippen molar-refractivity contribution in [2.45, 2.75) is 20.0 Å².